The van der Waals surface area contributed by atoms with Crippen LogP contribution in [-0.2, 0) is 15.1 Å². The SMILES string of the molecule is CC[C@]1(/C=C\C=C\C(C)=O)CC[C@]23Nc4ccccc4[C@]2(CCNC1)O3. The minimum Gasteiger partial charge on any atom is -0.355 e. The van der Waals surface area contributed by atoms with E-state index >= 15 is 0 Å². The molecule has 3 atom stereocenters. The highest BCUT2D eigenvalue weighted by molar-refractivity contribution is 5.87. The summed E-state index contributed by atoms with van der Waals surface area (Å²) in [4.78, 5) is 11.1. The molecule has 0 bridgehead atoms. The van der Waals surface area contributed by atoms with Crippen molar-refractivity contribution in [2.45, 2.75) is 50.9 Å². The Bertz CT molecular complexity index is 771. The normalized spacial score (nSPS) is 35.8. The maximum atomic E-state index is 11.1. The number of ketones is 1. The highest BCUT2D eigenvalue weighted by Crippen LogP contribution is 2.67. The molecule has 0 aliphatic carbocycles. The van der Waals surface area contributed by atoms with E-state index < -0.39 is 0 Å². The second kappa shape index (κ2) is 6.36. The number of ether oxygens (including phenoxy) is 1. The summed E-state index contributed by atoms with van der Waals surface area (Å²) >= 11 is 0. The smallest absolute Gasteiger partial charge is 0.173 e. The van der Waals surface area contributed by atoms with Crippen LogP contribution in [0.15, 0.2) is 48.6 Å². The summed E-state index contributed by atoms with van der Waals surface area (Å²) in [6, 6.07) is 8.55. The van der Waals surface area contributed by atoms with Gasteiger partial charge in [-0.2, -0.15) is 0 Å². The van der Waals surface area contributed by atoms with Crippen LogP contribution >= 0.6 is 0 Å². The van der Waals surface area contributed by atoms with Gasteiger partial charge in [-0.15, -0.1) is 0 Å². The zero-order chi connectivity index (χ0) is 18.3. The number of rotatable bonds is 4. The van der Waals surface area contributed by atoms with Crippen LogP contribution in [0.2, 0.25) is 0 Å². The lowest BCUT2D eigenvalue weighted by molar-refractivity contribution is -0.112. The van der Waals surface area contributed by atoms with Crippen LogP contribution in [0.5, 0.6) is 0 Å². The summed E-state index contributed by atoms with van der Waals surface area (Å²) in [6.07, 6.45) is 11.8. The predicted octanol–water partition coefficient (Wildman–Crippen LogP) is 3.91. The Morgan fingerprint density at radius 1 is 1.23 bits per heavy atom. The van der Waals surface area contributed by atoms with Crippen molar-refractivity contribution in [1.29, 1.82) is 0 Å². The average molecular weight is 352 g/mol. The van der Waals surface area contributed by atoms with Crippen molar-refractivity contribution in [3.8, 4) is 0 Å². The lowest BCUT2D eigenvalue weighted by Gasteiger charge is -2.31. The van der Waals surface area contributed by atoms with E-state index in [1.54, 1.807) is 13.0 Å². The molecule has 26 heavy (non-hydrogen) atoms. The van der Waals surface area contributed by atoms with Crippen LogP contribution in [0.1, 0.15) is 45.1 Å². The molecule has 2 fully saturated rings. The van der Waals surface area contributed by atoms with Crippen LogP contribution in [0.4, 0.5) is 5.69 Å². The van der Waals surface area contributed by atoms with Crippen molar-refractivity contribution in [3.05, 3.63) is 54.1 Å². The van der Waals surface area contributed by atoms with Gasteiger partial charge in [0.05, 0.1) is 0 Å². The Kier molecular flexibility index (Phi) is 4.28. The molecule has 1 aromatic rings. The summed E-state index contributed by atoms with van der Waals surface area (Å²) in [6.45, 7) is 5.72. The fraction of sp³-hybridized carbons (Fsp3) is 0.500. The number of para-hydroxylation sites is 1. The molecule has 3 heterocycles. The van der Waals surface area contributed by atoms with Gasteiger partial charge in [0.25, 0.3) is 0 Å². The molecule has 2 N–H and O–H groups in total. The molecule has 0 saturated carbocycles. The largest absolute Gasteiger partial charge is 0.355 e. The van der Waals surface area contributed by atoms with E-state index in [0.717, 1.165) is 38.8 Å². The molecule has 0 unspecified atom stereocenters. The highest BCUT2D eigenvalue weighted by Gasteiger charge is 2.74. The summed E-state index contributed by atoms with van der Waals surface area (Å²) in [7, 11) is 0. The van der Waals surface area contributed by atoms with E-state index in [-0.39, 0.29) is 22.5 Å². The molecule has 138 valence electrons. The second-order valence-electron chi connectivity index (χ2n) is 7.90. The number of benzene rings is 1. The molecule has 0 aromatic heterocycles. The Morgan fingerprint density at radius 3 is 2.88 bits per heavy atom. The molecule has 0 spiro atoms. The first-order valence-corrected chi connectivity index (χ1v) is 9.70. The van der Waals surface area contributed by atoms with Gasteiger partial charge in [0, 0.05) is 23.2 Å². The molecular weight excluding hydrogens is 324 g/mol. The van der Waals surface area contributed by atoms with Gasteiger partial charge in [-0.1, -0.05) is 43.4 Å². The number of hydrogen-bond donors (Lipinski definition) is 2. The number of fused-ring (bicyclic) bond motifs is 1. The number of allylic oxidation sites excluding steroid dienone is 3. The molecule has 3 aliphatic heterocycles. The molecule has 4 rings (SSSR count). The summed E-state index contributed by atoms with van der Waals surface area (Å²) < 4.78 is 6.39. The molecule has 3 aliphatic rings. The third kappa shape index (κ3) is 2.72. The lowest BCUT2D eigenvalue weighted by atomic mass is 9.78. The lowest BCUT2D eigenvalue weighted by Crippen LogP contribution is -2.34. The van der Waals surface area contributed by atoms with Crippen molar-refractivity contribution in [2.75, 3.05) is 18.4 Å². The highest BCUT2D eigenvalue weighted by atomic mass is 16.7. The first-order valence-electron chi connectivity index (χ1n) is 9.70. The molecule has 4 nitrogen and oxygen atoms in total. The summed E-state index contributed by atoms with van der Waals surface area (Å²) in [5.41, 5.74) is 2.20. The van der Waals surface area contributed by atoms with E-state index in [9.17, 15) is 4.79 Å². The van der Waals surface area contributed by atoms with Gasteiger partial charge in [0.1, 0.15) is 5.60 Å². The number of hydrogen-bond acceptors (Lipinski definition) is 4. The van der Waals surface area contributed by atoms with Crippen molar-refractivity contribution >= 4 is 11.5 Å². The van der Waals surface area contributed by atoms with Gasteiger partial charge in [-0.3, -0.25) is 4.79 Å². The number of nitrogens with one attached hydrogen (secondary N) is 2. The van der Waals surface area contributed by atoms with E-state index in [1.807, 2.05) is 12.2 Å². The van der Waals surface area contributed by atoms with Gasteiger partial charge >= 0.3 is 0 Å². The topological polar surface area (TPSA) is 53.7 Å². The molecular formula is C22H28N2O2. The monoisotopic (exact) mass is 352 g/mol. The Balaban J connectivity index is 1.57. The van der Waals surface area contributed by atoms with Gasteiger partial charge in [-0.25, -0.2) is 0 Å². The standard InChI is InChI=1S/C22H28N2O2/c1-3-20(11-7-6-8-17(2)25)12-13-22-21(26-22,14-15-23-16-20)18-9-4-5-10-19(18)24-22/h4-11,23-24H,3,12-16H2,1-2H3/b8-6+,11-7-/t20-,21-,22+/m0/s1. The number of anilines is 1. The zero-order valence-electron chi connectivity index (χ0n) is 15.7. The van der Waals surface area contributed by atoms with Crippen LogP contribution in [-0.4, -0.2) is 24.6 Å². The molecule has 0 amide bonds. The van der Waals surface area contributed by atoms with E-state index in [4.69, 9.17) is 4.74 Å². The maximum absolute atomic E-state index is 11.1. The predicted molar refractivity (Wildman–Crippen MR) is 104 cm³/mol. The van der Waals surface area contributed by atoms with Crippen molar-refractivity contribution in [3.63, 3.8) is 0 Å². The van der Waals surface area contributed by atoms with Crippen molar-refractivity contribution in [2.24, 2.45) is 5.41 Å². The first-order chi connectivity index (χ1) is 12.5. The first kappa shape index (κ1) is 17.5. The fourth-order valence-corrected chi connectivity index (χ4v) is 4.66. The van der Waals surface area contributed by atoms with Crippen LogP contribution in [0.25, 0.3) is 0 Å². The number of carbonyl (C=O) groups excluding carboxylic acids is 1. The van der Waals surface area contributed by atoms with Crippen LogP contribution in [0.3, 0.4) is 0 Å². The number of epoxide rings is 1. The van der Waals surface area contributed by atoms with Gasteiger partial charge < -0.3 is 15.4 Å². The Labute approximate surface area is 155 Å². The summed E-state index contributed by atoms with van der Waals surface area (Å²) in [5, 5.41) is 7.35. The third-order valence-electron chi connectivity index (χ3n) is 6.36. The van der Waals surface area contributed by atoms with Crippen molar-refractivity contribution in [1.82, 2.24) is 5.32 Å². The molecule has 1 aromatic carbocycles. The molecule has 2 saturated heterocycles. The Hall–Kier alpha value is -1.91. The quantitative estimate of drug-likeness (QED) is 0.490. The maximum Gasteiger partial charge on any atom is 0.173 e. The van der Waals surface area contributed by atoms with Crippen LogP contribution < -0.4 is 10.6 Å². The van der Waals surface area contributed by atoms with Gasteiger partial charge in [0.2, 0.25) is 0 Å². The van der Waals surface area contributed by atoms with E-state index in [1.165, 1.54) is 11.3 Å². The third-order valence-corrected chi connectivity index (χ3v) is 6.36. The Morgan fingerprint density at radius 2 is 2.08 bits per heavy atom. The second-order valence-corrected chi connectivity index (χ2v) is 7.90. The van der Waals surface area contributed by atoms with Crippen molar-refractivity contribution < 1.29 is 9.53 Å². The van der Waals surface area contributed by atoms with Gasteiger partial charge in [0.15, 0.2) is 11.5 Å². The molecule has 4 heteroatoms. The van der Waals surface area contributed by atoms with E-state index in [2.05, 4.69) is 47.9 Å². The minimum atomic E-state index is -0.244. The summed E-state index contributed by atoms with van der Waals surface area (Å²) in [5.74, 6) is 0.0794. The zero-order valence-corrected chi connectivity index (χ0v) is 15.7. The van der Waals surface area contributed by atoms with E-state index in [0.29, 0.717) is 0 Å². The molecule has 0 radical (unpaired) electrons. The minimum absolute atomic E-state index is 0.0777. The average Bonchev–Trinajstić information content (AvgIpc) is 3.18. The number of carbonyl (C=O) groups is 1. The fourth-order valence-electron chi connectivity index (χ4n) is 4.66. The van der Waals surface area contributed by atoms with Gasteiger partial charge in [-0.05, 0) is 51.3 Å². The van der Waals surface area contributed by atoms with Crippen LogP contribution in [0, 0.1) is 5.41 Å².